The van der Waals surface area contributed by atoms with Crippen molar-refractivity contribution >= 4 is 11.6 Å². The predicted molar refractivity (Wildman–Crippen MR) is 54.8 cm³/mol. The van der Waals surface area contributed by atoms with Gasteiger partial charge in [-0.1, -0.05) is 11.6 Å². The summed E-state index contributed by atoms with van der Waals surface area (Å²) in [7, 11) is 0. The van der Waals surface area contributed by atoms with Gasteiger partial charge in [0.25, 0.3) is 5.95 Å². The molecule has 0 aliphatic carbocycles. The van der Waals surface area contributed by atoms with E-state index in [2.05, 4.69) is 15.1 Å². The molecular formula is C9H9ClN4O. The molecule has 6 heteroatoms. The Morgan fingerprint density at radius 3 is 2.60 bits per heavy atom. The van der Waals surface area contributed by atoms with Gasteiger partial charge in [-0.2, -0.15) is 9.78 Å². The third-order valence-electron chi connectivity index (χ3n) is 2.02. The van der Waals surface area contributed by atoms with E-state index in [1.807, 2.05) is 0 Å². The van der Waals surface area contributed by atoms with E-state index in [1.165, 1.54) is 4.68 Å². The summed E-state index contributed by atoms with van der Waals surface area (Å²) in [5, 5.41) is 13.6. The van der Waals surface area contributed by atoms with Gasteiger partial charge in [0.2, 0.25) is 0 Å². The molecular weight excluding hydrogens is 216 g/mol. The van der Waals surface area contributed by atoms with E-state index in [-0.39, 0.29) is 6.61 Å². The van der Waals surface area contributed by atoms with E-state index in [0.717, 1.165) is 0 Å². The summed E-state index contributed by atoms with van der Waals surface area (Å²) >= 11 is 6.02. The Balaban J connectivity index is 2.55. The lowest BCUT2D eigenvalue weighted by Crippen LogP contribution is -2.02. The van der Waals surface area contributed by atoms with Gasteiger partial charge in [-0.25, -0.2) is 9.97 Å². The van der Waals surface area contributed by atoms with E-state index in [1.54, 1.807) is 25.4 Å². The zero-order valence-electron chi connectivity index (χ0n) is 8.05. The molecule has 0 aliphatic rings. The van der Waals surface area contributed by atoms with E-state index >= 15 is 0 Å². The van der Waals surface area contributed by atoms with Crippen molar-refractivity contribution in [1.82, 2.24) is 19.7 Å². The molecule has 1 N–H and O–H groups in total. The predicted octanol–water partition coefficient (Wildman–Crippen LogP) is 1.12. The topological polar surface area (TPSA) is 63.8 Å². The molecule has 0 fully saturated rings. The first-order chi connectivity index (χ1) is 7.24. The molecule has 0 amide bonds. The molecule has 2 aromatic heterocycles. The maximum Gasteiger partial charge on any atom is 0.251 e. The van der Waals surface area contributed by atoms with Crippen LogP contribution in [0.15, 0.2) is 18.5 Å². The largest absolute Gasteiger partial charge is 0.391 e. The Kier molecular flexibility index (Phi) is 2.66. The van der Waals surface area contributed by atoms with Crippen molar-refractivity contribution in [3.8, 4) is 5.95 Å². The summed E-state index contributed by atoms with van der Waals surface area (Å²) in [4.78, 5) is 8.04. The van der Waals surface area contributed by atoms with Crippen LogP contribution in [0.5, 0.6) is 0 Å². The molecule has 0 atom stereocenters. The zero-order chi connectivity index (χ0) is 10.8. The Morgan fingerprint density at radius 2 is 2.07 bits per heavy atom. The van der Waals surface area contributed by atoms with Crippen molar-refractivity contribution in [2.75, 3.05) is 0 Å². The average molecular weight is 225 g/mol. The highest BCUT2D eigenvalue weighted by Gasteiger charge is 2.14. The second kappa shape index (κ2) is 3.96. The van der Waals surface area contributed by atoms with Gasteiger partial charge in [0.1, 0.15) is 5.15 Å². The van der Waals surface area contributed by atoms with Crippen molar-refractivity contribution in [2.24, 2.45) is 0 Å². The van der Waals surface area contributed by atoms with E-state index in [0.29, 0.717) is 22.4 Å². The first-order valence-electron chi connectivity index (χ1n) is 4.36. The van der Waals surface area contributed by atoms with Gasteiger partial charge in [0, 0.05) is 18.0 Å². The van der Waals surface area contributed by atoms with Crippen molar-refractivity contribution in [3.05, 3.63) is 34.9 Å². The van der Waals surface area contributed by atoms with Crippen LogP contribution in [0.1, 0.15) is 11.3 Å². The lowest BCUT2D eigenvalue weighted by atomic mass is 10.3. The summed E-state index contributed by atoms with van der Waals surface area (Å²) in [6, 6.07) is 1.71. The van der Waals surface area contributed by atoms with E-state index < -0.39 is 0 Å². The van der Waals surface area contributed by atoms with Crippen LogP contribution in [0, 0.1) is 6.92 Å². The quantitative estimate of drug-likeness (QED) is 0.830. The Morgan fingerprint density at radius 1 is 1.40 bits per heavy atom. The summed E-state index contributed by atoms with van der Waals surface area (Å²) < 4.78 is 1.41. The molecule has 0 aliphatic heterocycles. The molecule has 0 unspecified atom stereocenters. The number of halogens is 1. The standard InChI is InChI=1S/C9H9ClN4O/c1-6-7(5-15)8(10)14(13-6)9-11-3-2-4-12-9/h2-4,15H,5H2,1H3. The number of hydrogen-bond donors (Lipinski definition) is 1. The molecule has 2 rings (SSSR count). The van der Waals surface area contributed by atoms with Crippen LogP contribution in [0.2, 0.25) is 5.15 Å². The Labute approximate surface area is 91.4 Å². The number of rotatable bonds is 2. The Hall–Kier alpha value is -1.46. The normalized spacial score (nSPS) is 10.6. The van der Waals surface area contributed by atoms with Gasteiger partial charge in [0.15, 0.2) is 0 Å². The smallest absolute Gasteiger partial charge is 0.251 e. The first kappa shape index (κ1) is 10.1. The molecule has 78 valence electrons. The second-order valence-electron chi connectivity index (χ2n) is 2.97. The molecule has 0 saturated carbocycles. The van der Waals surface area contributed by atoms with Crippen molar-refractivity contribution in [2.45, 2.75) is 13.5 Å². The minimum absolute atomic E-state index is 0.141. The molecule has 15 heavy (non-hydrogen) atoms. The van der Waals surface area contributed by atoms with Gasteiger partial charge in [-0.3, -0.25) is 0 Å². The van der Waals surface area contributed by atoms with Crippen LogP contribution < -0.4 is 0 Å². The van der Waals surface area contributed by atoms with Crippen LogP contribution in [0.3, 0.4) is 0 Å². The minimum atomic E-state index is -0.141. The fourth-order valence-corrected chi connectivity index (χ4v) is 1.55. The maximum atomic E-state index is 9.08. The lowest BCUT2D eigenvalue weighted by Gasteiger charge is -1.99. The number of nitrogens with zero attached hydrogens (tertiary/aromatic N) is 4. The average Bonchev–Trinajstić information content (AvgIpc) is 2.55. The highest BCUT2D eigenvalue weighted by Crippen LogP contribution is 2.21. The summed E-state index contributed by atoms with van der Waals surface area (Å²) in [5.74, 6) is 0.394. The van der Waals surface area contributed by atoms with Crippen LogP contribution in [-0.2, 0) is 6.61 Å². The van der Waals surface area contributed by atoms with E-state index in [4.69, 9.17) is 16.7 Å². The first-order valence-corrected chi connectivity index (χ1v) is 4.74. The number of aryl methyl sites for hydroxylation is 1. The summed E-state index contributed by atoms with van der Waals surface area (Å²) in [6.45, 7) is 1.63. The van der Waals surface area contributed by atoms with Crippen LogP contribution >= 0.6 is 11.6 Å². The third kappa shape index (κ3) is 1.71. The highest BCUT2D eigenvalue weighted by atomic mass is 35.5. The van der Waals surface area contributed by atoms with Crippen LogP contribution in [-0.4, -0.2) is 24.9 Å². The number of hydrogen-bond acceptors (Lipinski definition) is 4. The van der Waals surface area contributed by atoms with Gasteiger partial charge >= 0.3 is 0 Å². The maximum absolute atomic E-state index is 9.08. The van der Waals surface area contributed by atoms with Crippen molar-refractivity contribution < 1.29 is 5.11 Å². The minimum Gasteiger partial charge on any atom is -0.391 e. The number of aliphatic hydroxyl groups excluding tert-OH is 1. The van der Waals surface area contributed by atoms with Gasteiger partial charge < -0.3 is 5.11 Å². The van der Waals surface area contributed by atoms with Crippen LogP contribution in [0.4, 0.5) is 0 Å². The molecule has 2 heterocycles. The summed E-state index contributed by atoms with van der Waals surface area (Å²) in [6.07, 6.45) is 3.21. The fraction of sp³-hybridized carbons (Fsp3) is 0.222. The van der Waals surface area contributed by atoms with Gasteiger partial charge in [0.05, 0.1) is 12.3 Å². The molecule has 0 saturated heterocycles. The molecule has 0 bridgehead atoms. The highest BCUT2D eigenvalue weighted by molar-refractivity contribution is 6.30. The summed E-state index contributed by atoms with van der Waals surface area (Å²) in [5.41, 5.74) is 1.28. The Bertz CT molecular complexity index is 468. The molecule has 0 radical (unpaired) electrons. The van der Waals surface area contributed by atoms with E-state index in [9.17, 15) is 0 Å². The SMILES string of the molecule is Cc1nn(-c2ncccn2)c(Cl)c1CO. The third-order valence-corrected chi connectivity index (χ3v) is 2.41. The fourth-order valence-electron chi connectivity index (χ4n) is 1.24. The van der Waals surface area contributed by atoms with Crippen molar-refractivity contribution in [3.63, 3.8) is 0 Å². The van der Waals surface area contributed by atoms with Crippen molar-refractivity contribution in [1.29, 1.82) is 0 Å². The van der Waals surface area contributed by atoms with Crippen LogP contribution in [0.25, 0.3) is 5.95 Å². The van der Waals surface area contributed by atoms with Gasteiger partial charge in [-0.15, -0.1) is 0 Å². The lowest BCUT2D eigenvalue weighted by molar-refractivity contribution is 0.281. The monoisotopic (exact) mass is 224 g/mol. The zero-order valence-corrected chi connectivity index (χ0v) is 8.81. The number of aliphatic hydroxyl groups is 1. The molecule has 2 aromatic rings. The van der Waals surface area contributed by atoms with Gasteiger partial charge in [-0.05, 0) is 13.0 Å². The molecule has 5 nitrogen and oxygen atoms in total. The molecule has 0 aromatic carbocycles. The number of aromatic nitrogens is 4. The molecule has 0 spiro atoms. The second-order valence-corrected chi connectivity index (χ2v) is 3.33.